The van der Waals surface area contributed by atoms with Crippen molar-refractivity contribution in [3.05, 3.63) is 78.4 Å². The maximum atomic E-state index is 13.0. The van der Waals surface area contributed by atoms with Crippen molar-refractivity contribution in [3.8, 4) is 16.3 Å². The molecule has 1 aliphatic heterocycles. The van der Waals surface area contributed by atoms with Crippen LogP contribution in [-0.4, -0.2) is 77.6 Å². The van der Waals surface area contributed by atoms with E-state index in [9.17, 15) is 4.79 Å². The lowest BCUT2D eigenvalue weighted by molar-refractivity contribution is 0.0948. The maximum absolute atomic E-state index is 13.0. The molecule has 0 bridgehead atoms. The first-order valence-corrected chi connectivity index (χ1v) is 16.0. The van der Waals surface area contributed by atoms with Crippen molar-refractivity contribution in [3.63, 3.8) is 0 Å². The summed E-state index contributed by atoms with van der Waals surface area (Å²) in [5.41, 5.74) is 4.12. The average molecular weight is 612 g/mol. The van der Waals surface area contributed by atoms with Gasteiger partial charge in [0, 0.05) is 56.7 Å². The monoisotopic (exact) mass is 611 g/mol. The quantitative estimate of drug-likeness (QED) is 0.150. The third-order valence-electron chi connectivity index (χ3n) is 7.85. The van der Waals surface area contributed by atoms with Gasteiger partial charge < -0.3 is 19.3 Å². The standard InChI is InChI=1S/C33H37N7O3S/c1-42-23-7-3-2-4-8-24-43-28-17-13-25(14-18-28)31-35-36-33(44-31)39-21-19-38(20-22-39)27-15-11-26(12-16-27)32(41)40-30-10-6-5-9-29(30)34-37-40/h5-6,9-18H,2-4,7-8,19-24H2,1H3. The summed E-state index contributed by atoms with van der Waals surface area (Å²) in [7, 11) is 1.75. The van der Waals surface area contributed by atoms with E-state index in [1.807, 2.05) is 60.7 Å². The van der Waals surface area contributed by atoms with Gasteiger partial charge in [-0.2, -0.15) is 4.68 Å². The lowest BCUT2D eigenvalue weighted by Crippen LogP contribution is -2.46. The predicted molar refractivity (Wildman–Crippen MR) is 174 cm³/mol. The highest BCUT2D eigenvalue weighted by atomic mass is 32.1. The van der Waals surface area contributed by atoms with Gasteiger partial charge in [0.05, 0.1) is 12.1 Å². The number of hydrogen-bond acceptors (Lipinski definition) is 10. The van der Waals surface area contributed by atoms with E-state index in [0.29, 0.717) is 16.6 Å². The highest BCUT2D eigenvalue weighted by Crippen LogP contribution is 2.31. The van der Waals surface area contributed by atoms with E-state index in [1.54, 1.807) is 18.4 Å². The van der Waals surface area contributed by atoms with Crippen LogP contribution in [0, 0.1) is 0 Å². The molecule has 1 aliphatic rings. The summed E-state index contributed by atoms with van der Waals surface area (Å²) in [6, 6.07) is 23.3. The SMILES string of the molecule is COCCCCCCCOc1ccc(-c2nnc(N3CCN(c4ccc(C(=O)n5nnc6ccccc65)cc4)CC3)s2)cc1. The molecule has 44 heavy (non-hydrogen) atoms. The first-order valence-electron chi connectivity index (χ1n) is 15.2. The second-order valence-electron chi connectivity index (χ2n) is 10.8. The molecule has 11 heteroatoms. The molecule has 0 aliphatic carbocycles. The number of aromatic nitrogens is 5. The fourth-order valence-corrected chi connectivity index (χ4v) is 6.24. The molecule has 3 heterocycles. The molecule has 0 N–H and O–H groups in total. The lowest BCUT2D eigenvalue weighted by atomic mass is 10.1. The van der Waals surface area contributed by atoms with Crippen molar-refractivity contribution < 1.29 is 14.3 Å². The zero-order chi connectivity index (χ0) is 30.1. The first kappa shape index (κ1) is 29.7. The van der Waals surface area contributed by atoms with Crippen LogP contribution in [-0.2, 0) is 4.74 Å². The smallest absolute Gasteiger partial charge is 0.280 e. The van der Waals surface area contributed by atoms with E-state index in [0.717, 1.165) is 79.4 Å². The summed E-state index contributed by atoms with van der Waals surface area (Å²) in [4.78, 5) is 17.7. The number of piperazine rings is 1. The number of methoxy groups -OCH3 is 1. The molecule has 0 spiro atoms. The Kier molecular flexibility index (Phi) is 9.73. The Morgan fingerprint density at radius 2 is 1.48 bits per heavy atom. The Morgan fingerprint density at radius 3 is 2.25 bits per heavy atom. The van der Waals surface area contributed by atoms with E-state index in [-0.39, 0.29) is 5.91 Å². The minimum atomic E-state index is -0.190. The van der Waals surface area contributed by atoms with Gasteiger partial charge in [0.25, 0.3) is 5.91 Å². The third-order valence-corrected chi connectivity index (χ3v) is 8.88. The Labute approximate surface area is 261 Å². The number of benzene rings is 3. The molecule has 10 nitrogen and oxygen atoms in total. The molecule has 0 saturated carbocycles. The molecule has 0 amide bonds. The van der Waals surface area contributed by atoms with Crippen LogP contribution in [0.15, 0.2) is 72.8 Å². The number of rotatable bonds is 13. The summed E-state index contributed by atoms with van der Waals surface area (Å²) in [6.45, 7) is 4.99. The van der Waals surface area contributed by atoms with Crippen LogP contribution in [0.4, 0.5) is 10.8 Å². The topological polar surface area (TPSA) is 98.5 Å². The number of anilines is 2. The second-order valence-corrected chi connectivity index (χ2v) is 11.8. The van der Waals surface area contributed by atoms with Crippen molar-refractivity contribution >= 4 is 39.1 Å². The van der Waals surface area contributed by atoms with Gasteiger partial charge in [-0.3, -0.25) is 4.79 Å². The van der Waals surface area contributed by atoms with E-state index < -0.39 is 0 Å². The fourth-order valence-electron chi connectivity index (χ4n) is 5.33. The first-order chi connectivity index (χ1) is 21.7. The van der Waals surface area contributed by atoms with Crippen LogP contribution < -0.4 is 14.5 Å². The normalized spacial score (nSPS) is 13.5. The van der Waals surface area contributed by atoms with E-state index in [2.05, 4.69) is 42.4 Å². The number of nitrogens with zero attached hydrogens (tertiary/aromatic N) is 7. The predicted octanol–water partition coefficient (Wildman–Crippen LogP) is 5.94. The van der Waals surface area contributed by atoms with Crippen LogP contribution >= 0.6 is 11.3 Å². The number of carbonyl (C=O) groups excluding carboxylic acids is 1. The minimum Gasteiger partial charge on any atom is -0.494 e. The zero-order valence-electron chi connectivity index (χ0n) is 25.0. The van der Waals surface area contributed by atoms with E-state index in [1.165, 1.54) is 23.9 Å². The van der Waals surface area contributed by atoms with Gasteiger partial charge in [-0.05, 0) is 73.5 Å². The third kappa shape index (κ3) is 7.06. The van der Waals surface area contributed by atoms with Crippen LogP contribution in [0.3, 0.4) is 0 Å². The van der Waals surface area contributed by atoms with Crippen LogP contribution in [0.25, 0.3) is 21.6 Å². The minimum absolute atomic E-state index is 0.190. The molecular formula is C33H37N7O3S. The van der Waals surface area contributed by atoms with Crippen molar-refractivity contribution in [2.75, 3.05) is 56.3 Å². The maximum Gasteiger partial charge on any atom is 0.280 e. The highest BCUT2D eigenvalue weighted by molar-refractivity contribution is 7.18. The van der Waals surface area contributed by atoms with Crippen molar-refractivity contribution in [1.82, 2.24) is 25.2 Å². The Morgan fingerprint density at radius 1 is 0.773 bits per heavy atom. The van der Waals surface area contributed by atoms with Gasteiger partial charge in [-0.25, -0.2) is 0 Å². The molecule has 2 aromatic heterocycles. The molecule has 3 aromatic carbocycles. The molecule has 5 aromatic rings. The lowest BCUT2D eigenvalue weighted by Gasteiger charge is -2.35. The fraction of sp³-hybridized carbons (Fsp3) is 0.364. The zero-order valence-corrected chi connectivity index (χ0v) is 25.8. The van der Waals surface area contributed by atoms with Gasteiger partial charge >= 0.3 is 0 Å². The number of unbranched alkanes of at least 4 members (excludes halogenated alkanes) is 4. The molecule has 1 saturated heterocycles. The molecule has 0 atom stereocenters. The summed E-state index contributed by atoms with van der Waals surface area (Å²) in [6.07, 6.45) is 5.81. The van der Waals surface area contributed by atoms with Crippen molar-refractivity contribution in [1.29, 1.82) is 0 Å². The number of fused-ring (bicyclic) bond motifs is 1. The summed E-state index contributed by atoms with van der Waals surface area (Å²) >= 11 is 1.62. The van der Waals surface area contributed by atoms with Gasteiger partial charge in [-0.15, -0.1) is 15.3 Å². The van der Waals surface area contributed by atoms with Gasteiger partial charge in [0.15, 0.2) is 0 Å². The van der Waals surface area contributed by atoms with Crippen LogP contribution in [0.5, 0.6) is 5.75 Å². The largest absolute Gasteiger partial charge is 0.494 e. The molecule has 228 valence electrons. The average Bonchev–Trinajstić information content (AvgIpc) is 3.75. The van der Waals surface area contributed by atoms with Crippen molar-refractivity contribution in [2.24, 2.45) is 0 Å². The molecule has 1 fully saturated rings. The van der Waals surface area contributed by atoms with Gasteiger partial charge in [-0.1, -0.05) is 47.9 Å². The van der Waals surface area contributed by atoms with Crippen molar-refractivity contribution in [2.45, 2.75) is 32.1 Å². The Bertz CT molecular complexity index is 1640. The number of ether oxygens (including phenoxy) is 2. The van der Waals surface area contributed by atoms with Gasteiger partial charge in [0.2, 0.25) is 5.13 Å². The summed E-state index contributed by atoms with van der Waals surface area (Å²) in [5.74, 6) is 0.697. The molecular weight excluding hydrogens is 574 g/mol. The number of carbonyl (C=O) groups is 1. The molecule has 0 radical (unpaired) electrons. The van der Waals surface area contributed by atoms with Crippen LogP contribution in [0.1, 0.15) is 42.5 Å². The van der Waals surface area contributed by atoms with E-state index >= 15 is 0 Å². The molecule has 6 rings (SSSR count). The number of hydrogen-bond donors (Lipinski definition) is 0. The summed E-state index contributed by atoms with van der Waals surface area (Å²) < 4.78 is 12.4. The Balaban J connectivity index is 0.972. The molecule has 0 unspecified atom stereocenters. The van der Waals surface area contributed by atoms with Crippen LogP contribution in [0.2, 0.25) is 0 Å². The second kappa shape index (κ2) is 14.4. The van der Waals surface area contributed by atoms with Gasteiger partial charge in [0.1, 0.15) is 16.3 Å². The Hall–Kier alpha value is -4.35. The highest BCUT2D eigenvalue weighted by Gasteiger charge is 2.21. The van der Waals surface area contributed by atoms with E-state index in [4.69, 9.17) is 9.47 Å². The summed E-state index contributed by atoms with van der Waals surface area (Å²) in [5, 5.41) is 19.0. The number of para-hydroxylation sites is 1.